The molecule has 2 N–H and O–H groups in total. The molecule has 40 heavy (non-hydrogen) atoms. The molecule has 6 rings (SSSR count). The fraction of sp³-hybridized carbons (Fsp3) is 0.645. The second-order valence-corrected chi connectivity index (χ2v) is 13.4. The third kappa shape index (κ3) is 5.25. The SMILES string of the molecule is CC1CCN(CCCN2C(=O)C3C(C(=O)Nc4ccc(Br)cc4)C4C=CC3(O4)C2C(=O)NC2CCCCC2)CC1. The van der Waals surface area contributed by atoms with E-state index in [1.165, 1.54) is 19.3 Å². The van der Waals surface area contributed by atoms with Crippen molar-refractivity contribution in [1.82, 2.24) is 15.1 Å². The highest BCUT2D eigenvalue weighted by Gasteiger charge is 2.72. The molecular formula is C31H41BrN4O4. The lowest BCUT2D eigenvalue weighted by molar-refractivity contribution is -0.141. The van der Waals surface area contributed by atoms with E-state index in [0.29, 0.717) is 12.2 Å². The normalized spacial score (nSPS) is 32.5. The summed E-state index contributed by atoms with van der Waals surface area (Å²) in [5.74, 6) is -1.15. The van der Waals surface area contributed by atoms with Gasteiger partial charge >= 0.3 is 0 Å². The first-order valence-electron chi connectivity index (χ1n) is 15.1. The Morgan fingerprint density at radius 1 is 1.02 bits per heavy atom. The van der Waals surface area contributed by atoms with E-state index in [1.54, 1.807) is 4.90 Å². The molecule has 5 atom stereocenters. The van der Waals surface area contributed by atoms with Gasteiger partial charge in [-0.15, -0.1) is 0 Å². The highest BCUT2D eigenvalue weighted by Crippen LogP contribution is 2.55. The standard InChI is InChI=1S/C31H41BrN4O4/c1-20-13-18-35(19-14-20)16-5-17-36-27(29(38)34-22-6-3-2-4-7-22)31-15-12-24(40-31)25(26(31)30(36)39)28(37)33-23-10-8-21(32)9-11-23/h8-12,15,20,22,24-27H,2-7,13-14,16-19H2,1H3,(H,33,37)(H,34,38). The highest BCUT2D eigenvalue weighted by atomic mass is 79.9. The van der Waals surface area contributed by atoms with Crippen molar-refractivity contribution in [2.75, 3.05) is 31.5 Å². The molecule has 8 nitrogen and oxygen atoms in total. The molecular weight excluding hydrogens is 572 g/mol. The van der Waals surface area contributed by atoms with Gasteiger partial charge in [-0.1, -0.05) is 54.3 Å². The monoisotopic (exact) mass is 612 g/mol. The molecule has 5 unspecified atom stereocenters. The molecule has 3 saturated heterocycles. The zero-order valence-electron chi connectivity index (χ0n) is 23.3. The minimum absolute atomic E-state index is 0.128. The molecule has 4 fully saturated rings. The number of halogens is 1. The lowest BCUT2D eigenvalue weighted by Crippen LogP contribution is -2.56. The topological polar surface area (TPSA) is 91.0 Å². The van der Waals surface area contributed by atoms with Gasteiger partial charge in [0, 0.05) is 22.7 Å². The zero-order valence-corrected chi connectivity index (χ0v) is 24.9. The van der Waals surface area contributed by atoms with Crippen molar-refractivity contribution in [3.05, 3.63) is 40.9 Å². The number of nitrogens with zero attached hydrogens (tertiary/aromatic N) is 2. The van der Waals surface area contributed by atoms with Crippen LogP contribution in [0.2, 0.25) is 0 Å². The van der Waals surface area contributed by atoms with Crippen molar-refractivity contribution < 1.29 is 19.1 Å². The van der Waals surface area contributed by atoms with Gasteiger partial charge < -0.3 is 25.2 Å². The summed E-state index contributed by atoms with van der Waals surface area (Å²) in [5, 5.41) is 6.26. The molecule has 1 spiro atoms. The first-order chi connectivity index (χ1) is 19.4. The summed E-state index contributed by atoms with van der Waals surface area (Å²) < 4.78 is 7.41. The number of nitrogens with one attached hydrogen (secondary N) is 2. The lowest BCUT2D eigenvalue weighted by Gasteiger charge is -2.35. The highest BCUT2D eigenvalue weighted by molar-refractivity contribution is 9.10. The number of piperidine rings is 1. The fourth-order valence-electron chi connectivity index (χ4n) is 7.54. The van der Waals surface area contributed by atoms with E-state index in [9.17, 15) is 14.4 Å². The number of carbonyl (C=O) groups excluding carboxylic acids is 3. The molecule has 1 saturated carbocycles. The van der Waals surface area contributed by atoms with Crippen molar-refractivity contribution in [2.45, 2.75) is 82.1 Å². The maximum Gasteiger partial charge on any atom is 0.246 e. The molecule has 216 valence electrons. The number of ether oxygens (including phenoxy) is 1. The third-order valence-corrected chi connectivity index (χ3v) is 10.3. The van der Waals surface area contributed by atoms with Crippen molar-refractivity contribution in [1.29, 1.82) is 0 Å². The van der Waals surface area contributed by atoms with Crippen LogP contribution in [-0.4, -0.2) is 77.5 Å². The predicted molar refractivity (Wildman–Crippen MR) is 156 cm³/mol. The van der Waals surface area contributed by atoms with Crippen LogP contribution in [0.15, 0.2) is 40.9 Å². The van der Waals surface area contributed by atoms with Crippen molar-refractivity contribution in [2.24, 2.45) is 17.8 Å². The Morgan fingerprint density at radius 2 is 1.75 bits per heavy atom. The van der Waals surface area contributed by atoms with E-state index in [-0.39, 0.29) is 23.8 Å². The Bertz CT molecular complexity index is 1140. The van der Waals surface area contributed by atoms with Crippen LogP contribution in [0.4, 0.5) is 5.69 Å². The number of carbonyl (C=O) groups is 3. The fourth-order valence-corrected chi connectivity index (χ4v) is 7.81. The van der Waals surface area contributed by atoms with Gasteiger partial charge in [0.15, 0.2) is 0 Å². The number of anilines is 1. The van der Waals surface area contributed by atoms with Crippen LogP contribution in [0.25, 0.3) is 0 Å². The van der Waals surface area contributed by atoms with Gasteiger partial charge in [-0.05, 0) is 81.9 Å². The van der Waals surface area contributed by atoms with Crippen LogP contribution >= 0.6 is 15.9 Å². The van der Waals surface area contributed by atoms with Crippen LogP contribution in [-0.2, 0) is 19.1 Å². The predicted octanol–water partition coefficient (Wildman–Crippen LogP) is 4.11. The van der Waals surface area contributed by atoms with Crippen molar-refractivity contribution >= 4 is 39.3 Å². The molecule has 5 aliphatic rings. The van der Waals surface area contributed by atoms with Crippen molar-refractivity contribution in [3.63, 3.8) is 0 Å². The Kier molecular flexibility index (Phi) is 8.07. The van der Waals surface area contributed by atoms with E-state index in [4.69, 9.17) is 4.74 Å². The molecule has 1 aromatic rings. The van der Waals surface area contributed by atoms with Crippen LogP contribution in [0.5, 0.6) is 0 Å². The van der Waals surface area contributed by atoms with E-state index in [1.807, 2.05) is 36.4 Å². The Labute approximate surface area is 245 Å². The maximum absolute atomic E-state index is 14.1. The van der Waals surface area contributed by atoms with Gasteiger partial charge in [-0.25, -0.2) is 0 Å². The molecule has 1 aromatic carbocycles. The molecule has 9 heteroatoms. The van der Waals surface area contributed by atoms with Gasteiger partial charge in [0.25, 0.3) is 0 Å². The van der Waals surface area contributed by atoms with E-state index in [0.717, 1.165) is 62.1 Å². The second kappa shape index (κ2) is 11.6. The van der Waals surface area contributed by atoms with E-state index in [2.05, 4.69) is 38.4 Å². The molecule has 2 bridgehead atoms. The summed E-state index contributed by atoms with van der Waals surface area (Å²) in [7, 11) is 0. The zero-order chi connectivity index (χ0) is 27.9. The van der Waals surface area contributed by atoms with Gasteiger partial charge in [-0.3, -0.25) is 14.4 Å². The van der Waals surface area contributed by atoms with Gasteiger partial charge in [0.2, 0.25) is 17.7 Å². The smallest absolute Gasteiger partial charge is 0.246 e. The van der Waals surface area contributed by atoms with Crippen LogP contribution in [0.1, 0.15) is 58.3 Å². The molecule has 4 heterocycles. The molecule has 0 radical (unpaired) electrons. The number of likely N-dealkylation sites (tertiary alicyclic amines) is 2. The van der Waals surface area contributed by atoms with E-state index < -0.39 is 29.6 Å². The quantitative estimate of drug-likeness (QED) is 0.431. The minimum Gasteiger partial charge on any atom is -0.359 e. The number of hydrogen-bond acceptors (Lipinski definition) is 5. The summed E-state index contributed by atoms with van der Waals surface area (Å²) in [6, 6.07) is 6.75. The summed E-state index contributed by atoms with van der Waals surface area (Å²) in [6.45, 7) is 5.85. The number of fused-ring (bicyclic) bond motifs is 1. The number of rotatable bonds is 8. The Morgan fingerprint density at radius 3 is 2.48 bits per heavy atom. The van der Waals surface area contributed by atoms with Crippen LogP contribution < -0.4 is 10.6 Å². The van der Waals surface area contributed by atoms with Gasteiger partial charge in [-0.2, -0.15) is 0 Å². The number of hydrogen-bond donors (Lipinski definition) is 2. The summed E-state index contributed by atoms with van der Waals surface area (Å²) in [5.41, 5.74) is -0.443. The van der Waals surface area contributed by atoms with E-state index >= 15 is 0 Å². The molecule has 3 amide bonds. The summed E-state index contributed by atoms with van der Waals surface area (Å²) >= 11 is 3.43. The molecule has 4 aliphatic heterocycles. The summed E-state index contributed by atoms with van der Waals surface area (Å²) in [4.78, 5) is 45.9. The Hall–Kier alpha value is -2.23. The first kappa shape index (κ1) is 27.9. The Balaban J connectivity index is 1.22. The number of benzene rings is 1. The van der Waals surface area contributed by atoms with Gasteiger partial charge in [0.05, 0.1) is 17.9 Å². The lowest BCUT2D eigenvalue weighted by atomic mass is 9.74. The maximum atomic E-state index is 14.1. The summed E-state index contributed by atoms with van der Waals surface area (Å²) in [6.07, 6.45) is 11.8. The third-order valence-electron chi connectivity index (χ3n) is 9.74. The molecule has 1 aliphatic carbocycles. The average molecular weight is 614 g/mol. The van der Waals surface area contributed by atoms with Crippen LogP contribution in [0, 0.1) is 17.8 Å². The first-order valence-corrected chi connectivity index (χ1v) is 15.9. The van der Waals surface area contributed by atoms with Crippen LogP contribution in [0.3, 0.4) is 0 Å². The largest absolute Gasteiger partial charge is 0.359 e. The minimum atomic E-state index is -1.11. The molecule has 0 aromatic heterocycles. The van der Waals surface area contributed by atoms with Gasteiger partial charge in [0.1, 0.15) is 11.6 Å². The van der Waals surface area contributed by atoms with Crippen molar-refractivity contribution in [3.8, 4) is 0 Å². The average Bonchev–Trinajstić information content (AvgIpc) is 3.59. The number of amides is 3. The second-order valence-electron chi connectivity index (χ2n) is 12.5.